The van der Waals surface area contributed by atoms with Crippen LogP contribution >= 0.6 is 0 Å². The van der Waals surface area contributed by atoms with E-state index in [-0.39, 0.29) is 0 Å². The number of hydrogen-bond acceptors (Lipinski definition) is 0. The molecule has 0 heterocycles. The lowest BCUT2D eigenvalue weighted by atomic mass is 9.93. The van der Waals surface area contributed by atoms with Crippen LogP contribution in [0.5, 0.6) is 0 Å². The summed E-state index contributed by atoms with van der Waals surface area (Å²) in [4.78, 5) is 0. The number of hydrogen-bond donors (Lipinski definition) is 0. The molecule has 0 spiro atoms. The van der Waals surface area contributed by atoms with Crippen LogP contribution in [-0.2, 0) is 6.42 Å². The lowest BCUT2D eigenvalue weighted by molar-refractivity contribution is 1.13. The third kappa shape index (κ3) is 2.96. The maximum Gasteiger partial charge on any atom is -0.0178 e. The summed E-state index contributed by atoms with van der Waals surface area (Å²) in [5.41, 5.74) is 9.00. The van der Waals surface area contributed by atoms with Gasteiger partial charge >= 0.3 is 0 Å². The third-order valence-corrected chi connectivity index (χ3v) is 3.51. The van der Waals surface area contributed by atoms with E-state index in [1.807, 2.05) is 0 Å². The highest BCUT2D eigenvalue weighted by Gasteiger charge is 2.06. The van der Waals surface area contributed by atoms with Gasteiger partial charge < -0.3 is 0 Å². The molecule has 2 aromatic carbocycles. The molecule has 0 amide bonds. The fourth-order valence-corrected chi connectivity index (χ4v) is 2.60. The van der Waals surface area contributed by atoms with Crippen molar-refractivity contribution in [3.63, 3.8) is 0 Å². The monoisotopic (exact) mass is 250 g/mol. The summed E-state index contributed by atoms with van der Waals surface area (Å²) in [5, 5.41) is 0. The van der Waals surface area contributed by atoms with Crippen LogP contribution in [0.15, 0.2) is 43.0 Å². The van der Waals surface area contributed by atoms with Crippen molar-refractivity contribution in [3.05, 3.63) is 65.2 Å². The SMILES string of the molecule is C=C(C)c1cc(-c2cc(C)cc(C)c2)ccc1CC. The van der Waals surface area contributed by atoms with Crippen molar-refractivity contribution in [2.45, 2.75) is 34.1 Å². The molecule has 0 nitrogen and oxygen atoms in total. The van der Waals surface area contributed by atoms with Gasteiger partial charge in [-0.15, -0.1) is 0 Å². The van der Waals surface area contributed by atoms with Gasteiger partial charge in [0, 0.05) is 0 Å². The summed E-state index contributed by atoms with van der Waals surface area (Å²) in [7, 11) is 0. The molecule has 2 rings (SSSR count). The van der Waals surface area contributed by atoms with Gasteiger partial charge in [-0.3, -0.25) is 0 Å². The van der Waals surface area contributed by atoms with Gasteiger partial charge in [-0.2, -0.15) is 0 Å². The Kier molecular flexibility index (Phi) is 3.90. The van der Waals surface area contributed by atoms with Crippen LogP contribution in [0.25, 0.3) is 16.7 Å². The van der Waals surface area contributed by atoms with E-state index in [9.17, 15) is 0 Å². The summed E-state index contributed by atoms with van der Waals surface area (Å²) in [6.07, 6.45) is 1.05. The molecule has 0 aliphatic heterocycles. The molecule has 0 saturated heterocycles. The molecular formula is C19H22. The fourth-order valence-electron chi connectivity index (χ4n) is 2.60. The van der Waals surface area contributed by atoms with Gasteiger partial charge in [-0.25, -0.2) is 0 Å². The van der Waals surface area contributed by atoms with Gasteiger partial charge in [-0.1, -0.05) is 60.5 Å². The highest BCUT2D eigenvalue weighted by atomic mass is 14.1. The molecule has 0 saturated carbocycles. The second-order valence-electron chi connectivity index (χ2n) is 5.38. The van der Waals surface area contributed by atoms with Crippen molar-refractivity contribution in [1.29, 1.82) is 0 Å². The van der Waals surface area contributed by atoms with Crippen molar-refractivity contribution < 1.29 is 0 Å². The minimum Gasteiger partial charge on any atom is -0.0955 e. The summed E-state index contributed by atoms with van der Waals surface area (Å²) >= 11 is 0. The van der Waals surface area contributed by atoms with Gasteiger partial charge in [0.1, 0.15) is 0 Å². The van der Waals surface area contributed by atoms with E-state index in [2.05, 4.69) is 70.7 Å². The van der Waals surface area contributed by atoms with Crippen LogP contribution in [0.4, 0.5) is 0 Å². The molecule has 19 heavy (non-hydrogen) atoms. The maximum absolute atomic E-state index is 4.10. The molecule has 0 aromatic heterocycles. The predicted molar refractivity (Wildman–Crippen MR) is 85.4 cm³/mol. The second kappa shape index (κ2) is 5.44. The first-order valence-electron chi connectivity index (χ1n) is 6.88. The summed E-state index contributed by atoms with van der Waals surface area (Å²) in [5.74, 6) is 0. The van der Waals surface area contributed by atoms with Gasteiger partial charge in [0.15, 0.2) is 0 Å². The Balaban J connectivity index is 2.57. The van der Waals surface area contributed by atoms with Crippen LogP contribution < -0.4 is 0 Å². The molecule has 0 aliphatic carbocycles. The van der Waals surface area contributed by atoms with E-state index in [1.54, 1.807) is 0 Å². The average molecular weight is 250 g/mol. The average Bonchev–Trinajstić information content (AvgIpc) is 2.36. The standard InChI is InChI=1S/C19H22/c1-6-16-7-8-17(12-19(16)13(2)3)18-10-14(4)9-15(5)11-18/h7-12H,2,6H2,1,3-5H3. The van der Waals surface area contributed by atoms with Crippen molar-refractivity contribution in [1.82, 2.24) is 0 Å². The van der Waals surface area contributed by atoms with Crippen LogP contribution in [0, 0.1) is 13.8 Å². The number of rotatable bonds is 3. The first kappa shape index (κ1) is 13.6. The molecule has 0 radical (unpaired) electrons. The Hall–Kier alpha value is -1.82. The van der Waals surface area contributed by atoms with E-state index in [1.165, 1.54) is 33.4 Å². The highest BCUT2D eigenvalue weighted by molar-refractivity contribution is 5.73. The van der Waals surface area contributed by atoms with Gasteiger partial charge in [0.2, 0.25) is 0 Å². The molecule has 0 unspecified atom stereocenters. The number of aryl methyl sites for hydroxylation is 3. The zero-order valence-corrected chi connectivity index (χ0v) is 12.4. The van der Waals surface area contributed by atoms with Crippen molar-refractivity contribution in [3.8, 4) is 11.1 Å². The first-order valence-corrected chi connectivity index (χ1v) is 6.88. The highest BCUT2D eigenvalue weighted by Crippen LogP contribution is 2.27. The topological polar surface area (TPSA) is 0 Å². The quantitative estimate of drug-likeness (QED) is 0.668. The minimum atomic E-state index is 1.05. The second-order valence-corrected chi connectivity index (χ2v) is 5.38. The fraction of sp³-hybridized carbons (Fsp3) is 0.263. The maximum atomic E-state index is 4.10. The molecule has 0 aliphatic rings. The van der Waals surface area contributed by atoms with Crippen molar-refractivity contribution in [2.75, 3.05) is 0 Å². The Morgan fingerprint density at radius 2 is 1.58 bits per heavy atom. The lowest BCUT2D eigenvalue weighted by Gasteiger charge is -2.12. The molecule has 0 fully saturated rings. The van der Waals surface area contributed by atoms with Gasteiger partial charge in [0.25, 0.3) is 0 Å². The smallest absolute Gasteiger partial charge is 0.0178 e. The molecule has 0 bridgehead atoms. The first-order chi connectivity index (χ1) is 9.01. The summed E-state index contributed by atoms with van der Waals surface area (Å²) in [6.45, 7) is 12.7. The zero-order valence-electron chi connectivity index (χ0n) is 12.4. The van der Waals surface area contributed by atoms with Crippen LogP contribution in [0.1, 0.15) is 36.1 Å². The summed E-state index contributed by atoms with van der Waals surface area (Å²) in [6, 6.07) is 13.4. The van der Waals surface area contributed by atoms with Crippen molar-refractivity contribution >= 4 is 5.57 Å². The Labute approximate surface area is 116 Å². The largest absolute Gasteiger partial charge is 0.0955 e. The van der Waals surface area contributed by atoms with E-state index >= 15 is 0 Å². The number of allylic oxidation sites excluding steroid dienone is 1. The van der Waals surface area contributed by atoms with E-state index in [0.717, 1.165) is 12.0 Å². The number of benzene rings is 2. The Bertz CT molecular complexity index is 598. The lowest BCUT2D eigenvalue weighted by Crippen LogP contribution is -1.91. The van der Waals surface area contributed by atoms with Crippen LogP contribution in [0.2, 0.25) is 0 Å². The Morgan fingerprint density at radius 1 is 0.947 bits per heavy atom. The van der Waals surface area contributed by atoms with E-state index in [0.29, 0.717) is 0 Å². The zero-order chi connectivity index (χ0) is 14.0. The molecule has 98 valence electrons. The molecule has 0 heteroatoms. The van der Waals surface area contributed by atoms with Gasteiger partial charge in [-0.05, 0) is 55.5 Å². The van der Waals surface area contributed by atoms with Crippen molar-refractivity contribution in [2.24, 2.45) is 0 Å². The van der Waals surface area contributed by atoms with Crippen LogP contribution in [0.3, 0.4) is 0 Å². The molecular weight excluding hydrogens is 228 g/mol. The molecule has 2 aromatic rings. The Morgan fingerprint density at radius 3 is 2.11 bits per heavy atom. The van der Waals surface area contributed by atoms with E-state index in [4.69, 9.17) is 0 Å². The molecule has 0 atom stereocenters. The van der Waals surface area contributed by atoms with Crippen LogP contribution in [-0.4, -0.2) is 0 Å². The predicted octanol–water partition coefficient (Wildman–Crippen LogP) is 5.57. The van der Waals surface area contributed by atoms with Gasteiger partial charge in [0.05, 0.1) is 0 Å². The normalized spacial score (nSPS) is 10.5. The molecule has 0 N–H and O–H groups in total. The van der Waals surface area contributed by atoms with E-state index < -0.39 is 0 Å². The summed E-state index contributed by atoms with van der Waals surface area (Å²) < 4.78 is 0. The third-order valence-electron chi connectivity index (χ3n) is 3.51. The minimum absolute atomic E-state index is 1.05.